The smallest absolute Gasteiger partial charge is 0.315 e. The first-order valence-electron chi connectivity index (χ1n) is 8.38. The van der Waals surface area contributed by atoms with Gasteiger partial charge in [-0.3, -0.25) is 4.79 Å². The number of methoxy groups -OCH3 is 2. The molecule has 1 aromatic carbocycles. The summed E-state index contributed by atoms with van der Waals surface area (Å²) in [5.41, 5.74) is 1.05. The highest BCUT2D eigenvalue weighted by Gasteiger charge is 2.11. The third-order valence-corrected chi connectivity index (χ3v) is 3.65. The van der Waals surface area contributed by atoms with Crippen LogP contribution in [-0.2, 0) is 11.2 Å². The molecule has 0 bridgehead atoms. The summed E-state index contributed by atoms with van der Waals surface area (Å²) in [6.45, 7) is 6.76. The van der Waals surface area contributed by atoms with Crippen molar-refractivity contribution in [1.29, 1.82) is 0 Å². The molecule has 0 saturated carbocycles. The predicted molar refractivity (Wildman–Crippen MR) is 97.2 cm³/mol. The maximum Gasteiger partial charge on any atom is 0.315 e. The van der Waals surface area contributed by atoms with Crippen LogP contribution in [0, 0.1) is 0 Å². The molecule has 0 aliphatic rings. The summed E-state index contributed by atoms with van der Waals surface area (Å²) < 4.78 is 10.5. The van der Waals surface area contributed by atoms with Gasteiger partial charge in [-0.15, -0.1) is 0 Å². The van der Waals surface area contributed by atoms with Crippen molar-refractivity contribution in [2.24, 2.45) is 0 Å². The number of rotatable bonds is 9. The van der Waals surface area contributed by atoms with Crippen LogP contribution in [0.25, 0.3) is 0 Å². The summed E-state index contributed by atoms with van der Waals surface area (Å²) in [6, 6.07) is 5.57. The van der Waals surface area contributed by atoms with E-state index in [1.807, 2.05) is 32.0 Å². The fourth-order valence-electron chi connectivity index (χ4n) is 2.34. The van der Waals surface area contributed by atoms with E-state index in [0.717, 1.165) is 5.56 Å². The van der Waals surface area contributed by atoms with E-state index in [1.165, 1.54) is 6.92 Å². The van der Waals surface area contributed by atoms with Gasteiger partial charge >= 0.3 is 6.03 Å². The number of hydrogen-bond acceptors (Lipinski definition) is 4. The Kier molecular flexibility index (Phi) is 8.60. The van der Waals surface area contributed by atoms with Gasteiger partial charge in [-0.05, 0) is 38.0 Å². The van der Waals surface area contributed by atoms with E-state index < -0.39 is 0 Å². The Morgan fingerprint density at radius 1 is 1.12 bits per heavy atom. The number of urea groups is 1. The summed E-state index contributed by atoms with van der Waals surface area (Å²) in [7, 11) is 3.19. The van der Waals surface area contributed by atoms with Crippen LogP contribution in [0.15, 0.2) is 18.2 Å². The average molecular weight is 351 g/mol. The summed E-state index contributed by atoms with van der Waals surface area (Å²) >= 11 is 0. The Morgan fingerprint density at radius 3 is 2.36 bits per heavy atom. The minimum Gasteiger partial charge on any atom is -0.493 e. The molecule has 7 heteroatoms. The van der Waals surface area contributed by atoms with E-state index >= 15 is 0 Å². The minimum absolute atomic E-state index is 0.0217. The van der Waals surface area contributed by atoms with Crippen LogP contribution in [0.3, 0.4) is 0 Å². The number of hydrogen-bond donors (Lipinski definition) is 2. The van der Waals surface area contributed by atoms with Crippen molar-refractivity contribution in [3.05, 3.63) is 23.8 Å². The number of amides is 3. The molecule has 3 amide bonds. The molecule has 7 nitrogen and oxygen atoms in total. The van der Waals surface area contributed by atoms with E-state index in [0.29, 0.717) is 37.6 Å². The zero-order chi connectivity index (χ0) is 18.8. The summed E-state index contributed by atoms with van der Waals surface area (Å²) in [6.07, 6.45) is 0.693. The molecule has 0 aromatic heterocycles. The first kappa shape index (κ1) is 20.6. The molecule has 0 saturated heterocycles. The van der Waals surface area contributed by atoms with E-state index in [1.54, 1.807) is 19.1 Å². The molecule has 1 aromatic rings. The summed E-state index contributed by atoms with van der Waals surface area (Å²) in [5.74, 6) is 1.32. The van der Waals surface area contributed by atoms with Crippen molar-refractivity contribution in [2.45, 2.75) is 33.2 Å². The average Bonchev–Trinajstić information content (AvgIpc) is 2.56. The Balaban J connectivity index is 2.53. The highest BCUT2D eigenvalue weighted by atomic mass is 16.5. The maximum atomic E-state index is 11.8. The standard InChI is InChI=1S/C18H29N3O4/c1-13(2)20-18(23)19-9-11-21(14(3)22)10-8-15-6-7-16(24-4)17(12-15)25-5/h6-7,12-13H,8-11H2,1-5H3,(H2,19,20,23). The van der Waals surface area contributed by atoms with Gasteiger partial charge in [-0.2, -0.15) is 0 Å². The zero-order valence-electron chi connectivity index (χ0n) is 15.7. The van der Waals surface area contributed by atoms with Crippen molar-refractivity contribution in [2.75, 3.05) is 33.9 Å². The minimum atomic E-state index is -0.224. The SMILES string of the molecule is COc1ccc(CCN(CCNC(=O)NC(C)C)C(C)=O)cc1OC. The Hall–Kier alpha value is -2.44. The Morgan fingerprint density at radius 2 is 1.80 bits per heavy atom. The lowest BCUT2D eigenvalue weighted by molar-refractivity contribution is -0.128. The van der Waals surface area contributed by atoms with Crippen molar-refractivity contribution in [3.63, 3.8) is 0 Å². The zero-order valence-corrected chi connectivity index (χ0v) is 15.7. The highest BCUT2D eigenvalue weighted by Crippen LogP contribution is 2.27. The van der Waals surface area contributed by atoms with E-state index in [9.17, 15) is 9.59 Å². The fraction of sp³-hybridized carbons (Fsp3) is 0.556. The van der Waals surface area contributed by atoms with Gasteiger partial charge < -0.3 is 25.0 Å². The summed E-state index contributed by atoms with van der Waals surface area (Å²) in [5, 5.41) is 5.50. The molecule has 140 valence electrons. The first-order chi connectivity index (χ1) is 11.9. The number of carbonyl (C=O) groups is 2. The monoisotopic (exact) mass is 351 g/mol. The van der Waals surface area contributed by atoms with Gasteiger partial charge in [0.05, 0.1) is 14.2 Å². The van der Waals surface area contributed by atoms with Crippen LogP contribution in [0.2, 0.25) is 0 Å². The highest BCUT2D eigenvalue weighted by molar-refractivity contribution is 5.75. The topological polar surface area (TPSA) is 79.9 Å². The molecular formula is C18H29N3O4. The Labute approximate surface area is 149 Å². The molecule has 0 spiro atoms. The normalized spacial score (nSPS) is 10.3. The lowest BCUT2D eigenvalue weighted by atomic mass is 10.1. The van der Waals surface area contributed by atoms with E-state index in [2.05, 4.69) is 10.6 Å². The number of nitrogens with zero attached hydrogens (tertiary/aromatic N) is 1. The van der Waals surface area contributed by atoms with Gasteiger partial charge in [-0.1, -0.05) is 6.07 Å². The molecule has 0 fully saturated rings. The third kappa shape index (κ3) is 7.32. The van der Waals surface area contributed by atoms with Crippen LogP contribution in [0.4, 0.5) is 4.79 Å². The number of benzene rings is 1. The van der Waals surface area contributed by atoms with Crippen LogP contribution in [0.5, 0.6) is 11.5 Å². The van der Waals surface area contributed by atoms with Gasteiger partial charge in [0.1, 0.15) is 0 Å². The number of ether oxygens (including phenoxy) is 2. The van der Waals surface area contributed by atoms with E-state index in [4.69, 9.17) is 9.47 Å². The van der Waals surface area contributed by atoms with Crippen LogP contribution in [-0.4, -0.2) is 56.7 Å². The second-order valence-corrected chi connectivity index (χ2v) is 6.00. The lowest BCUT2D eigenvalue weighted by Gasteiger charge is -2.22. The van der Waals surface area contributed by atoms with Crippen molar-refractivity contribution in [1.82, 2.24) is 15.5 Å². The van der Waals surface area contributed by atoms with Crippen LogP contribution < -0.4 is 20.1 Å². The first-order valence-corrected chi connectivity index (χ1v) is 8.38. The molecule has 1 rings (SSSR count). The van der Waals surface area contributed by atoms with Gasteiger partial charge in [0.15, 0.2) is 11.5 Å². The third-order valence-electron chi connectivity index (χ3n) is 3.65. The number of nitrogens with one attached hydrogen (secondary N) is 2. The second-order valence-electron chi connectivity index (χ2n) is 6.00. The Bertz CT molecular complexity index is 575. The van der Waals surface area contributed by atoms with Gasteiger partial charge in [0.2, 0.25) is 5.91 Å². The van der Waals surface area contributed by atoms with Gasteiger partial charge in [-0.25, -0.2) is 4.79 Å². The molecule has 0 atom stereocenters. The molecule has 0 radical (unpaired) electrons. The molecule has 0 aliphatic carbocycles. The van der Waals surface area contributed by atoms with Crippen molar-refractivity contribution >= 4 is 11.9 Å². The number of carbonyl (C=O) groups excluding carboxylic acids is 2. The molecular weight excluding hydrogens is 322 g/mol. The molecule has 0 aliphatic heterocycles. The van der Waals surface area contributed by atoms with E-state index in [-0.39, 0.29) is 18.0 Å². The van der Waals surface area contributed by atoms with Crippen LogP contribution >= 0.6 is 0 Å². The predicted octanol–water partition coefficient (Wildman–Crippen LogP) is 1.80. The van der Waals surface area contributed by atoms with Crippen molar-refractivity contribution in [3.8, 4) is 11.5 Å². The van der Waals surface area contributed by atoms with Crippen LogP contribution in [0.1, 0.15) is 26.3 Å². The fourth-order valence-corrected chi connectivity index (χ4v) is 2.34. The second kappa shape index (κ2) is 10.4. The summed E-state index contributed by atoms with van der Waals surface area (Å²) in [4.78, 5) is 25.1. The van der Waals surface area contributed by atoms with Gasteiger partial charge in [0.25, 0.3) is 0 Å². The molecule has 2 N–H and O–H groups in total. The molecule has 0 unspecified atom stereocenters. The molecule has 25 heavy (non-hydrogen) atoms. The quantitative estimate of drug-likeness (QED) is 0.711. The van der Waals surface area contributed by atoms with Crippen molar-refractivity contribution < 1.29 is 19.1 Å². The largest absolute Gasteiger partial charge is 0.493 e. The van der Waals surface area contributed by atoms with Gasteiger partial charge in [0, 0.05) is 32.6 Å². The molecule has 0 heterocycles. The maximum absolute atomic E-state index is 11.8. The lowest BCUT2D eigenvalue weighted by Crippen LogP contribution is -2.44.